The second kappa shape index (κ2) is 12.8. The lowest BCUT2D eigenvalue weighted by Gasteiger charge is -2.14. The Bertz CT molecular complexity index is 908. The van der Waals surface area contributed by atoms with Crippen LogP contribution in [0.4, 0.5) is 0 Å². The van der Waals surface area contributed by atoms with E-state index in [-0.39, 0.29) is 11.7 Å². The van der Waals surface area contributed by atoms with Gasteiger partial charge in [0.15, 0.2) is 11.7 Å². The van der Waals surface area contributed by atoms with Gasteiger partial charge in [-0.1, -0.05) is 29.3 Å². The maximum absolute atomic E-state index is 12.6. The molecule has 0 aliphatic carbocycles. The summed E-state index contributed by atoms with van der Waals surface area (Å²) in [6, 6.07) is 11.9. The second-order valence-corrected chi connectivity index (χ2v) is 7.59. The van der Waals surface area contributed by atoms with E-state index >= 15 is 0 Å². The SMILES string of the molecule is CCCCOc1ccc(Br)cc1C(=O)NC(=S)NNC(=O)COc1ccc(OC)cc1. The summed E-state index contributed by atoms with van der Waals surface area (Å²) < 4.78 is 16.8. The Labute approximate surface area is 194 Å². The van der Waals surface area contributed by atoms with Crippen molar-refractivity contribution in [2.45, 2.75) is 19.8 Å². The van der Waals surface area contributed by atoms with Crippen molar-refractivity contribution in [3.8, 4) is 17.2 Å². The smallest absolute Gasteiger partial charge is 0.276 e. The molecule has 0 heterocycles. The molecular weight excluding hydrogens is 486 g/mol. The van der Waals surface area contributed by atoms with Crippen LogP contribution in [0.3, 0.4) is 0 Å². The molecule has 2 aromatic rings. The summed E-state index contributed by atoms with van der Waals surface area (Å²) in [5, 5.41) is 2.44. The van der Waals surface area contributed by atoms with Crippen LogP contribution in [0.25, 0.3) is 0 Å². The molecule has 31 heavy (non-hydrogen) atoms. The third kappa shape index (κ3) is 8.42. The van der Waals surface area contributed by atoms with E-state index in [1.165, 1.54) is 0 Å². The van der Waals surface area contributed by atoms with Crippen molar-refractivity contribution >= 4 is 45.1 Å². The number of rotatable bonds is 9. The quantitative estimate of drug-likeness (QED) is 0.271. The van der Waals surface area contributed by atoms with Gasteiger partial charge in [0.2, 0.25) is 0 Å². The van der Waals surface area contributed by atoms with Gasteiger partial charge in [0, 0.05) is 4.47 Å². The standard InChI is InChI=1S/C21H24BrN3O5S/c1-3-4-11-29-18-10-5-14(22)12-17(18)20(27)23-21(31)25-24-19(26)13-30-16-8-6-15(28-2)7-9-16/h5-10,12H,3-4,11,13H2,1-2H3,(H,24,26)(H2,23,25,27,31). The normalized spacial score (nSPS) is 10.0. The molecule has 0 spiro atoms. The maximum Gasteiger partial charge on any atom is 0.276 e. The molecule has 0 aliphatic heterocycles. The lowest BCUT2D eigenvalue weighted by molar-refractivity contribution is -0.123. The van der Waals surface area contributed by atoms with Gasteiger partial charge in [-0.15, -0.1) is 0 Å². The van der Waals surface area contributed by atoms with E-state index < -0.39 is 11.8 Å². The molecule has 0 unspecified atom stereocenters. The van der Waals surface area contributed by atoms with Gasteiger partial charge in [0.1, 0.15) is 17.2 Å². The van der Waals surface area contributed by atoms with E-state index in [1.807, 2.05) is 0 Å². The Hall–Kier alpha value is -2.85. The highest BCUT2D eigenvalue weighted by Crippen LogP contribution is 2.23. The third-order valence-corrected chi connectivity index (χ3v) is 4.61. The predicted molar refractivity (Wildman–Crippen MR) is 124 cm³/mol. The maximum atomic E-state index is 12.6. The number of unbranched alkanes of at least 4 members (excludes halogenated alkanes) is 1. The summed E-state index contributed by atoms with van der Waals surface area (Å²) in [6.45, 7) is 2.32. The first-order valence-corrected chi connectivity index (χ1v) is 10.7. The Kier molecular flexibility index (Phi) is 10.0. The van der Waals surface area contributed by atoms with Crippen LogP contribution < -0.4 is 30.4 Å². The van der Waals surface area contributed by atoms with Gasteiger partial charge in [-0.05, 0) is 61.1 Å². The summed E-state index contributed by atoms with van der Waals surface area (Å²) in [5.41, 5.74) is 5.16. The zero-order chi connectivity index (χ0) is 22.6. The zero-order valence-electron chi connectivity index (χ0n) is 17.2. The number of hydrogen-bond acceptors (Lipinski definition) is 6. The van der Waals surface area contributed by atoms with Gasteiger partial charge in [0.05, 0.1) is 19.3 Å². The number of hydrazine groups is 1. The molecule has 10 heteroatoms. The first-order valence-electron chi connectivity index (χ1n) is 9.52. The van der Waals surface area contributed by atoms with Crippen molar-refractivity contribution in [3.05, 3.63) is 52.5 Å². The molecule has 0 atom stereocenters. The van der Waals surface area contributed by atoms with Crippen molar-refractivity contribution in [1.29, 1.82) is 0 Å². The highest BCUT2D eigenvalue weighted by atomic mass is 79.9. The fourth-order valence-electron chi connectivity index (χ4n) is 2.32. The van der Waals surface area contributed by atoms with E-state index in [2.05, 4.69) is 39.0 Å². The second-order valence-electron chi connectivity index (χ2n) is 6.26. The average Bonchev–Trinajstić information content (AvgIpc) is 2.77. The van der Waals surface area contributed by atoms with Crippen molar-refractivity contribution < 1.29 is 23.8 Å². The summed E-state index contributed by atoms with van der Waals surface area (Å²) >= 11 is 8.42. The molecule has 0 saturated carbocycles. The largest absolute Gasteiger partial charge is 0.497 e. The number of thiocarbonyl (C=S) groups is 1. The van der Waals surface area contributed by atoms with E-state index in [0.717, 1.165) is 17.3 Å². The minimum atomic E-state index is -0.474. The first-order chi connectivity index (χ1) is 14.9. The minimum Gasteiger partial charge on any atom is -0.497 e. The monoisotopic (exact) mass is 509 g/mol. The third-order valence-electron chi connectivity index (χ3n) is 3.91. The lowest BCUT2D eigenvalue weighted by atomic mass is 10.2. The van der Waals surface area contributed by atoms with Gasteiger partial charge in [-0.2, -0.15) is 0 Å². The van der Waals surface area contributed by atoms with Crippen LogP contribution in [0.15, 0.2) is 46.9 Å². The molecule has 2 rings (SSSR count). The fourth-order valence-corrected chi connectivity index (χ4v) is 2.82. The molecule has 0 bridgehead atoms. The van der Waals surface area contributed by atoms with E-state index in [0.29, 0.717) is 29.4 Å². The number of methoxy groups -OCH3 is 1. The number of ether oxygens (including phenoxy) is 3. The number of carbonyl (C=O) groups is 2. The van der Waals surface area contributed by atoms with Gasteiger partial charge >= 0.3 is 0 Å². The summed E-state index contributed by atoms with van der Waals surface area (Å²) in [6.07, 6.45) is 1.86. The highest BCUT2D eigenvalue weighted by Gasteiger charge is 2.15. The topological polar surface area (TPSA) is 97.9 Å². The Balaban J connectivity index is 1.81. The fraction of sp³-hybridized carbons (Fsp3) is 0.286. The Morgan fingerprint density at radius 2 is 1.74 bits per heavy atom. The molecule has 0 radical (unpaired) electrons. The van der Waals surface area contributed by atoms with Crippen LogP contribution in [0.1, 0.15) is 30.1 Å². The number of benzene rings is 2. The minimum absolute atomic E-state index is 0.0673. The van der Waals surface area contributed by atoms with Crippen LogP contribution in [-0.2, 0) is 4.79 Å². The number of nitrogens with one attached hydrogen (secondary N) is 3. The molecule has 2 aromatic carbocycles. The van der Waals surface area contributed by atoms with Crippen LogP contribution >= 0.6 is 28.1 Å². The summed E-state index contributed by atoms with van der Waals surface area (Å²) in [7, 11) is 1.56. The number of hydrogen-bond donors (Lipinski definition) is 3. The van der Waals surface area contributed by atoms with Crippen molar-refractivity contribution in [1.82, 2.24) is 16.2 Å². The molecule has 2 amide bonds. The molecular formula is C21H24BrN3O5S. The van der Waals surface area contributed by atoms with Gasteiger partial charge in [-0.25, -0.2) is 0 Å². The Morgan fingerprint density at radius 3 is 2.42 bits per heavy atom. The van der Waals surface area contributed by atoms with Crippen molar-refractivity contribution in [2.75, 3.05) is 20.3 Å². The van der Waals surface area contributed by atoms with Crippen LogP contribution in [-0.4, -0.2) is 37.3 Å². The zero-order valence-corrected chi connectivity index (χ0v) is 19.6. The van der Waals surface area contributed by atoms with Gasteiger partial charge < -0.3 is 14.2 Å². The molecule has 0 aliphatic rings. The molecule has 3 N–H and O–H groups in total. The molecule has 166 valence electrons. The van der Waals surface area contributed by atoms with Gasteiger partial charge in [-0.3, -0.25) is 25.8 Å². The molecule has 8 nitrogen and oxygen atoms in total. The number of carbonyl (C=O) groups excluding carboxylic acids is 2. The lowest BCUT2D eigenvalue weighted by Crippen LogP contribution is -2.49. The van der Waals surface area contributed by atoms with E-state index in [1.54, 1.807) is 49.6 Å². The average molecular weight is 510 g/mol. The molecule has 0 aromatic heterocycles. The highest BCUT2D eigenvalue weighted by molar-refractivity contribution is 9.10. The van der Waals surface area contributed by atoms with Gasteiger partial charge in [0.25, 0.3) is 11.8 Å². The summed E-state index contributed by atoms with van der Waals surface area (Å²) in [5.74, 6) is 0.711. The summed E-state index contributed by atoms with van der Waals surface area (Å²) in [4.78, 5) is 24.5. The van der Waals surface area contributed by atoms with E-state index in [4.69, 9.17) is 26.4 Å². The number of amides is 2. The van der Waals surface area contributed by atoms with Crippen LogP contribution in [0.2, 0.25) is 0 Å². The molecule has 0 fully saturated rings. The number of halogens is 1. The van der Waals surface area contributed by atoms with Crippen molar-refractivity contribution in [2.24, 2.45) is 0 Å². The van der Waals surface area contributed by atoms with Crippen LogP contribution in [0.5, 0.6) is 17.2 Å². The Morgan fingerprint density at radius 1 is 1.03 bits per heavy atom. The van der Waals surface area contributed by atoms with Crippen LogP contribution in [0, 0.1) is 0 Å². The first kappa shape index (κ1) is 24.4. The predicted octanol–water partition coefficient (Wildman–Crippen LogP) is 3.35. The van der Waals surface area contributed by atoms with Crippen molar-refractivity contribution in [3.63, 3.8) is 0 Å². The molecule has 0 saturated heterocycles. The van der Waals surface area contributed by atoms with E-state index in [9.17, 15) is 9.59 Å².